The monoisotopic (exact) mass is 780 g/mol. The van der Waals surface area contributed by atoms with Crippen LogP contribution in [-0.2, 0) is 49.8 Å². The summed E-state index contributed by atoms with van der Waals surface area (Å²) in [5, 5.41) is 0. The van der Waals surface area contributed by atoms with E-state index >= 15 is 0 Å². The molecule has 2 N–H and O–H groups in total. The van der Waals surface area contributed by atoms with Gasteiger partial charge >= 0.3 is 17.9 Å². The smallest absolute Gasteiger partial charge is 0.355 e. The van der Waals surface area contributed by atoms with Crippen LogP contribution in [0.4, 0.5) is 0 Å². The number of carbonyl (C=O) groups excluding carboxylic acids is 5. The Balaban J connectivity index is 1.17. The fraction of sp³-hybridized carbons (Fsp3) is 0.432. The molecular formula is C44H50N3O10+. The second kappa shape index (κ2) is 15.8. The lowest BCUT2D eigenvalue weighted by molar-refractivity contribution is -0.957. The summed E-state index contributed by atoms with van der Waals surface area (Å²) in [5.74, 6) is -3.94. The van der Waals surface area contributed by atoms with Gasteiger partial charge in [-0.2, -0.15) is 4.89 Å². The molecule has 8 rings (SSSR count). The SMILES string of the molecule is C=CCOOC(=O)C(C)C1C(=O)N2C(C(=O)OCC=C)=C(COc3cccc4c3-c3ccc(C[N+]56CCC(CC(N)=O)(CC5)CC6)cc3C4=CC(=O)OC)[C@H](C)C12. The average Bonchev–Trinajstić information content (AvgIpc) is 3.64. The van der Waals surface area contributed by atoms with Gasteiger partial charge < -0.3 is 29.3 Å². The highest BCUT2D eigenvalue weighted by atomic mass is 17.2. The molecule has 2 bridgehead atoms. The maximum Gasteiger partial charge on any atom is 0.355 e. The number of quaternary nitrogens is 1. The topological polar surface area (TPSA) is 161 Å². The quantitative estimate of drug-likeness (QED) is 0.0313. The van der Waals surface area contributed by atoms with Crippen LogP contribution in [0.15, 0.2) is 79.1 Å². The number of amides is 2. The zero-order chi connectivity index (χ0) is 40.6. The predicted molar refractivity (Wildman–Crippen MR) is 208 cm³/mol. The van der Waals surface area contributed by atoms with Crippen molar-refractivity contribution in [3.63, 3.8) is 0 Å². The van der Waals surface area contributed by atoms with E-state index in [-0.39, 0.29) is 42.8 Å². The average molecular weight is 781 g/mol. The van der Waals surface area contributed by atoms with Gasteiger partial charge in [0.05, 0.1) is 44.6 Å². The van der Waals surface area contributed by atoms with Crippen molar-refractivity contribution in [1.82, 2.24) is 4.90 Å². The normalized spacial score (nSPS) is 26.5. The summed E-state index contributed by atoms with van der Waals surface area (Å²) in [6.45, 7) is 14.4. The van der Waals surface area contributed by atoms with Gasteiger partial charge in [-0.3, -0.25) is 14.5 Å². The molecule has 2 aromatic rings. The number of hydrogen-bond acceptors (Lipinski definition) is 10. The Labute approximate surface area is 332 Å². The lowest BCUT2D eigenvalue weighted by Gasteiger charge is -2.54. The van der Waals surface area contributed by atoms with Crippen LogP contribution in [0.5, 0.6) is 5.75 Å². The first kappa shape index (κ1) is 39.7. The maximum absolute atomic E-state index is 13.7. The van der Waals surface area contributed by atoms with Crippen LogP contribution in [0.3, 0.4) is 0 Å². The first-order chi connectivity index (χ1) is 27.4. The Hall–Kier alpha value is -5.53. The van der Waals surface area contributed by atoms with E-state index in [1.807, 2.05) is 25.1 Å². The van der Waals surface area contributed by atoms with Crippen molar-refractivity contribution < 1.29 is 52.4 Å². The molecule has 1 aliphatic carbocycles. The van der Waals surface area contributed by atoms with Crippen molar-refractivity contribution >= 4 is 35.3 Å². The van der Waals surface area contributed by atoms with Crippen molar-refractivity contribution in [2.24, 2.45) is 28.9 Å². The molecule has 0 radical (unpaired) electrons. The van der Waals surface area contributed by atoms with Crippen molar-refractivity contribution in [3.8, 4) is 16.9 Å². The highest BCUT2D eigenvalue weighted by molar-refractivity contribution is 6.08. The molecule has 3 unspecified atom stereocenters. The second-order valence-corrected chi connectivity index (χ2v) is 16.0. The van der Waals surface area contributed by atoms with E-state index in [4.69, 9.17) is 29.7 Å². The van der Waals surface area contributed by atoms with Crippen LogP contribution < -0.4 is 10.5 Å². The standard InChI is InChI=1S/C44H49N3O10/c1-6-19-54-43(52)40-33(26(3)39-37(41(50)46(39)40)27(4)42(51)57-56-20-7-2)25-55-34-10-8-9-29-32(22-36(49)53-5)31-21-28(11-12-30(31)38(29)34)24-47-16-13-44(14-17-47,15-18-47)23-35(45)48/h6-12,21-22,26-27,37,39H,1-2,13-20,23-25H2,3-5H3,(H-,45,48)/p+1/t26-,27?,37?,39?,44?,47?/m0/s1. The zero-order valence-corrected chi connectivity index (χ0v) is 32.8. The summed E-state index contributed by atoms with van der Waals surface area (Å²) in [7, 11) is 1.35. The molecule has 4 fully saturated rings. The van der Waals surface area contributed by atoms with Crippen molar-refractivity contribution in [3.05, 3.63) is 95.7 Å². The van der Waals surface area contributed by atoms with Gasteiger partial charge in [-0.25, -0.2) is 14.4 Å². The Morgan fingerprint density at radius 3 is 2.40 bits per heavy atom. The first-order valence-corrected chi connectivity index (χ1v) is 19.5. The summed E-state index contributed by atoms with van der Waals surface area (Å²) in [4.78, 5) is 75.8. The van der Waals surface area contributed by atoms with Crippen LogP contribution in [-0.4, -0.2) is 91.7 Å². The van der Waals surface area contributed by atoms with E-state index in [0.717, 1.165) is 83.3 Å². The van der Waals surface area contributed by atoms with Gasteiger partial charge in [0.2, 0.25) is 11.8 Å². The zero-order valence-electron chi connectivity index (χ0n) is 32.8. The molecule has 2 amide bonds. The number of piperidine rings is 3. The van der Waals surface area contributed by atoms with Crippen molar-refractivity contribution in [1.29, 1.82) is 0 Å². The Bertz CT molecular complexity index is 2080. The van der Waals surface area contributed by atoms with Crippen molar-refractivity contribution in [2.75, 3.05) is 46.6 Å². The number of rotatable bonds is 16. The fourth-order valence-electron chi connectivity index (χ4n) is 9.72. The third kappa shape index (κ3) is 7.18. The summed E-state index contributed by atoms with van der Waals surface area (Å²) in [6, 6.07) is 11.5. The molecule has 5 aliphatic heterocycles. The van der Waals surface area contributed by atoms with E-state index in [0.29, 0.717) is 17.7 Å². The molecule has 6 aliphatic rings. The van der Waals surface area contributed by atoms with Crippen LogP contribution in [0.2, 0.25) is 0 Å². The number of fused-ring (bicyclic) bond motifs is 7. The number of nitrogens with zero attached hydrogens (tertiary/aromatic N) is 2. The number of hydrogen-bond donors (Lipinski definition) is 1. The molecule has 4 saturated heterocycles. The Morgan fingerprint density at radius 2 is 1.74 bits per heavy atom. The minimum absolute atomic E-state index is 0.00148. The molecular weight excluding hydrogens is 730 g/mol. The van der Waals surface area contributed by atoms with Gasteiger partial charge in [0.15, 0.2) is 0 Å². The van der Waals surface area contributed by atoms with Gasteiger partial charge in [-0.1, -0.05) is 56.8 Å². The first-order valence-electron chi connectivity index (χ1n) is 19.5. The number of nitrogens with two attached hydrogens (primary N) is 1. The van der Waals surface area contributed by atoms with E-state index in [1.165, 1.54) is 30.2 Å². The molecule has 5 heterocycles. The van der Waals surface area contributed by atoms with Gasteiger partial charge in [0.1, 0.15) is 37.8 Å². The van der Waals surface area contributed by atoms with Gasteiger partial charge in [-0.15, -0.1) is 6.58 Å². The molecule has 0 aromatic heterocycles. The predicted octanol–water partition coefficient (Wildman–Crippen LogP) is 4.78. The third-order valence-corrected chi connectivity index (χ3v) is 12.8. The van der Waals surface area contributed by atoms with E-state index in [9.17, 15) is 24.0 Å². The highest BCUT2D eigenvalue weighted by Crippen LogP contribution is 2.52. The molecule has 0 spiro atoms. The minimum Gasteiger partial charge on any atom is -0.488 e. The van der Waals surface area contributed by atoms with Crippen molar-refractivity contribution in [2.45, 2.75) is 52.1 Å². The summed E-state index contributed by atoms with van der Waals surface area (Å²) >= 11 is 0. The maximum atomic E-state index is 13.7. The van der Waals surface area contributed by atoms with E-state index in [2.05, 4.69) is 31.4 Å². The number of primary amides is 1. The number of esters is 2. The Morgan fingerprint density at radius 1 is 1.02 bits per heavy atom. The second-order valence-electron chi connectivity index (χ2n) is 16.0. The number of benzene rings is 2. The molecule has 300 valence electrons. The van der Waals surface area contributed by atoms with Crippen LogP contribution in [0.1, 0.15) is 56.2 Å². The van der Waals surface area contributed by atoms with E-state index in [1.54, 1.807) is 6.92 Å². The number of ether oxygens (including phenoxy) is 3. The number of methoxy groups -OCH3 is 1. The number of carbonyl (C=O) groups is 5. The van der Waals surface area contributed by atoms with Crippen LogP contribution in [0.25, 0.3) is 16.7 Å². The molecule has 0 saturated carbocycles. The molecule has 4 atom stereocenters. The van der Waals surface area contributed by atoms with E-state index < -0.39 is 41.7 Å². The summed E-state index contributed by atoms with van der Waals surface area (Å²) < 4.78 is 18.1. The molecule has 13 nitrogen and oxygen atoms in total. The number of β-lactam (4-membered cyclic amide) rings is 1. The molecule has 2 aromatic carbocycles. The lowest BCUT2D eigenvalue weighted by atomic mass is 9.68. The largest absolute Gasteiger partial charge is 0.488 e. The van der Waals surface area contributed by atoms with Gasteiger partial charge in [-0.05, 0) is 39.8 Å². The fourth-order valence-corrected chi connectivity index (χ4v) is 9.72. The minimum atomic E-state index is -0.847. The summed E-state index contributed by atoms with van der Waals surface area (Å²) in [6.07, 6.45) is 7.78. The molecule has 13 heteroatoms. The van der Waals surface area contributed by atoms with Gasteiger partial charge in [0, 0.05) is 54.4 Å². The van der Waals surface area contributed by atoms with Gasteiger partial charge in [0.25, 0.3) is 0 Å². The third-order valence-electron chi connectivity index (χ3n) is 12.8. The van der Waals surface area contributed by atoms with Crippen LogP contribution >= 0.6 is 0 Å². The molecule has 57 heavy (non-hydrogen) atoms. The Kier molecular flexibility index (Phi) is 11.0. The highest BCUT2D eigenvalue weighted by Gasteiger charge is 2.61. The summed E-state index contributed by atoms with van der Waals surface area (Å²) in [5.41, 5.74) is 11.5. The lowest BCUT2D eigenvalue weighted by Crippen LogP contribution is -2.63. The van der Waals surface area contributed by atoms with Crippen LogP contribution in [0, 0.1) is 23.2 Å².